The van der Waals surface area contributed by atoms with E-state index in [1.165, 1.54) is 0 Å². The molecule has 0 heterocycles. The van der Waals surface area contributed by atoms with E-state index in [1.807, 2.05) is 13.8 Å². The Labute approximate surface area is 97.7 Å². The first kappa shape index (κ1) is 15.3. The number of ether oxygens (including phenoxy) is 2. The van der Waals surface area contributed by atoms with Crippen LogP contribution in [0.1, 0.15) is 34.1 Å². The lowest BCUT2D eigenvalue weighted by molar-refractivity contribution is -0.140. The predicted molar refractivity (Wildman–Crippen MR) is 62.9 cm³/mol. The lowest BCUT2D eigenvalue weighted by atomic mass is 10.1. The van der Waals surface area contributed by atoms with Gasteiger partial charge in [-0.3, -0.25) is 4.79 Å². The standard InChI is InChI=1S/C11H24N2O3/c1-5-15-9(16-6-2)7-8-13-11(3,4)10(12)14/h9,13H,5-8H2,1-4H3,(H2,12,14). The van der Waals surface area contributed by atoms with Crippen LogP contribution in [0.2, 0.25) is 0 Å². The lowest BCUT2D eigenvalue weighted by Crippen LogP contribution is -2.51. The van der Waals surface area contributed by atoms with E-state index in [4.69, 9.17) is 15.2 Å². The first-order valence-electron chi connectivity index (χ1n) is 5.72. The Bertz CT molecular complexity index is 201. The van der Waals surface area contributed by atoms with Crippen LogP contribution in [-0.2, 0) is 14.3 Å². The maximum atomic E-state index is 11.0. The van der Waals surface area contributed by atoms with Gasteiger partial charge in [0.1, 0.15) is 0 Å². The molecule has 0 aromatic carbocycles. The average Bonchev–Trinajstić information content (AvgIpc) is 2.17. The molecule has 5 heteroatoms. The molecule has 0 radical (unpaired) electrons. The summed E-state index contributed by atoms with van der Waals surface area (Å²) >= 11 is 0. The van der Waals surface area contributed by atoms with Crippen LogP contribution in [0.5, 0.6) is 0 Å². The smallest absolute Gasteiger partial charge is 0.237 e. The van der Waals surface area contributed by atoms with Crippen molar-refractivity contribution in [1.82, 2.24) is 5.32 Å². The topological polar surface area (TPSA) is 73.6 Å². The largest absolute Gasteiger partial charge is 0.368 e. The lowest BCUT2D eigenvalue weighted by Gasteiger charge is -2.24. The second kappa shape index (κ2) is 7.60. The van der Waals surface area contributed by atoms with Gasteiger partial charge < -0.3 is 20.5 Å². The molecule has 0 atom stereocenters. The van der Waals surface area contributed by atoms with E-state index in [1.54, 1.807) is 13.8 Å². The van der Waals surface area contributed by atoms with Crippen LogP contribution in [0.4, 0.5) is 0 Å². The Hall–Kier alpha value is -0.650. The van der Waals surface area contributed by atoms with Crippen LogP contribution in [0.15, 0.2) is 0 Å². The number of nitrogens with two attached hydrogens (primary N) is 1. The Balaban J connectivity index is 3.88. The number of amides is 1. The molecule has 0 unspecified atom stereocenters. The molecule has 5 nitrogen and oxygen atoms in total. The minimum Gasteiger partial charge on any atom is -0.368 e. The van der Waals surface area contributed by atoms with Gasteiger partial charge in [0.25, 0.3) is 0 Å². The van der Waals surface area contributed by atoms with Gasteiger partial charge in [-0.25, -0.2) is 0 Å². The summed E-state index contributed by atoms with van der Waals surface area (Å²) < 4.78 is 10.8. The third-order valence-corrected chi connectivity index (χ3v) is 2.27. The van der Waals surface area contributed by atoms with Gasteiger partial charge in [-0.05, 0) is 27.7 Å². The quantitative estimate of drug-likeness (QED) is 0.572. The molecule has 0 saturated heterocycles. The SMILES string of the molecule is CCOC(CCNC(C)(C)C(N)=O)OCC. The summed E-state index contributed by atoms with van der Waals surface area (Å²) in [5.41, 5.74) is 4.55. The van der Waals surface area contributed by atoms with Crippen molar-refractivity contribution in [3.63, 3.8) is 0 Å². The molecule has 3 N–H and O–H groups in total. The maximum absolute atomic E-state index is 11.0. The Kier molecular flexibility index (Phi) is 7.29. The number of carbonyl (C=O) groups excluding carboxylic acids is 1. The van der Waals surface area contributed by atoms with Crippen LogP contribution in [0, 0.1) is 0 Å². The summed E-state index contributed by atoms with van der Waals surface area (Å²) in [6, 6.07) is 0. The van der Waals surface area contributed by atoms with E-state index >= 15 is 0 Å². The molecular weight excluding hydrogens is 208 g/mol. The normalized spacial score (nSPS) is 12.1. The third-order valence-electron chi connectivity index (χ3n) is 2.27. The summed E-state index contributed by atoms with van der Waals surface area (Å²) in [6.07, 6.45) is 0.476. The molecule has 0 fully saturated rings. The van der Waals surface area contributed by atoms with E-state index < -0.39 is 5.54 Å². The molecule has 0 aromatic rings. The van der Waals surface area contributed by atoms with Crippen molar-refractivity contribution < 1.29 is 14.3 Å². The summed E-state index contributed by atoms with van der Waals surface area (Å²) in [6.45, 7) is 9.21. The molecule has 0 aliphatic rings. The van der Waals surface area contributed by atoms with Gasteiger partial charge in [0.15, 0.2) is 6.29 Å². The molecule has 1 amide bonds. The number of hydrogen-bond donors (Lipinski definition) is 2. The fourth-order valence-electron chi connectivity index (χ4n) is 1.18. The molecule has 0 aromatic heterocycles. The van der Waals surface area contributed by atoms with Gasteiger partial charge in [0.05, 0.1) is 5.54 Å². The second-order valence-corrected chi connectivity index (χ2v) is 4.04. The highest BCUT2D eigenvalue weighted by Gasteiger charge is 2.23. The summed E-state index contributed by atoms with van der Waals surface area (Å²) in [7, 11) is 0. The van der Waals surface area contributed by atoms with Crippen molar-refractivity contribution in [2.45, 2.75) is 45.9 Å². The molecule has 0 rings (SSSR count). The Morgan fingerprint density at radius 2 is 1.81 bits per heavy atom. The number of hydrogen-bond acceptors (Lipinski definition) is 4. The molecule has 0 saturated carbocycles. The van der Waals surface area contributed by atoms with Crippen molar-refractivity contribution in [1.29, 1.82) is 0 Å². The minimum atomic E-state index is -0.691. The molecular formula is C11H24N2O3. The summed E-state index contributed by atoms with van der Waals surface area (Å²) in [5, 5.41) is 3.07. The minimum absolute atomic E-state index is 0.217. The highest BCUT2D eigenvalue weighted by atomic mass is 16.7. The van der Waals surface area contributed by atoms with Gasteiger partial charge in [0, 0.05) is 26.2 Å². The average molecular weight is 232 g/mol. The summed E-state index contributed by atoms with van der Waals surface area (Å²) in [4.78, 5) is 11.0. The highest BCUT2D eigenvalue weighted by molar-refractivity contribution is 5.83. The fourth-order valence-corrected chi connectivity index (χ4v) is 1.18. The van der Waals surface area contributed by atoms with E-state index in [0.717, 1.165) is 0 Å². The maximum Gasteiger partial charge on any atom is 0.237 e. The van der Waals surface area contributed by atoms with Crippen molar-refractivity contribution in [2.24, 2.45) is 5.73 Å². The predicted octanol–water partition coefficient (Wildman–Crippen LogP) is 0.629. The zero-order valence-corrected chi connectivity index (χ0v) is 10.7. The first-order valence-corrected chi connectivity index (χ1v) is 5.72. The molecule has 0 aliphatic carbocycles. The van der Waals surface area contributed by atoms with Crippen LogP contribution in [-0.4, -0.2) is 37.5 Å². The van der Waals surface area contributed by atoms with Crippen molar-refractivity contribution in [3.05, 3.63) is 0 Å². The zero-order chi connectivity index (χ0) is 12.6. The van der Waals surface area contributed by atoms with Gasteiger partial charge in [-0.2, -0.15) is 0 Å². The second-order valence-electron chi connectivity index (χ2n) is 4.04. The summed E-state index contributed by atoms with van der Waals surface area (Å²) in [5.74, 6) is -0.364. The van der Waals surface area contributed by atoms with Crippen LogP contribution >= 0.6 is 0 Å². The first-order chi connectivity index (χ1) is 7.44. The molecule has 0 spiro atoms. The molecule has 96 valence electrons. The zero-order valence-electron chi connectivity index (χ0n) is 10.7. The van der Waals surface area contributed by atoms with E-state index in [9.17, 15) is 4.79 Å². The molecule has 0 bridgehead atoms. The monoisotopic (exact) mass is 232 g/mol. The molecule has 0 aliphatic heterocycles. The third kappa shape index (κ3) is 6.05. The van der Waals surface area contributed by atoms with Gasteiger partial charge >= 0.3 is 0 Å². The Morgan fingerprint density at radius 3 is 2.19 bits per heavy atom. The van der Waals surface area contributed by atoms with Gasteiger partial charge in [-0.15, -0.1) is 0 Å². The number of primary amides is 1. The van der Waals surface area contributed by atoms with Crippen molar-refractivity contribution in [3.8, 4) is 0 Å². The van der Waals surface area contributed by atoms with Crippen LogP contribution in [0.25, 0.3) is 0 Å². The van der Waals surface area contributed by atoms with Crippen molar-refractivity contribution >= 4 is 5.91 Å². The number of carbonyl (C=O) groups is 1. The number of nitrogens with one attached hydrogen (secondary N) is 1. The van der Waals surface area contributed by atoms with Gasteiger partial charge in [0.2, 0.25) is 5.91 Å². The highest BCUT2D eigenvalue weighted by Crippen LogP contribution is 2.04. The van der Waals surface area contributed by atoms with E-state index in [2.05, 4.69) is 5.32 Å². The van der Waals surface area contributed by atoms with Gasteiger partial charge in [-0.1, -0.05) is 0 Å². The van der Waals surface area contributed by atoms with E-state index in [-0.39, 0.29) is 12.2 Å². The number of rotatable bonds is 9. The van der Waals surface area contributed by atoms with E-state index in [0.29, 0.717) is 26.2 Å². The Morgan fingerprint density at radius 1 is 1.31 bits per heavy atom. The van der Waals surface area contributed by atoms with Crippen LogP contribution in [0.3, 0.4) is 0 Å². The molecule has 16 heavy (non-hydrogen) atoms. The fraction of sp³-hybridized carbons (Fsp3) is 0.909. The van der Waals surface area contributed by atoms with Crippen molar-refractivity contribution in [2.75, 3.05) is 19.8 Å². The van der Waals surface area contributed by atoms with Crippen LogP contribution < -0.4 is 11.1 Å².